The zero-order chi connectivity index (χ0) is 12.8. The molecule has 0 radical (unpaired) electrons. The van der Waals surface area contributed by atoms with Crippen LogP contribution in [0.2, 0.25) is 5.02 Å². The van der Waals surface area contributed by atoms with Crippen molar-refractivity contribution in [3.05, 3.63) is 28.8 Å². The van der Waals surface area contributed by atoms with Gasteiger partial charge in [-0.3, -0.25) is 0 Å². The minimum Gasteiger partial charge on any atom is -0.493 e. The Morgan fingerprint density at radius 3 is 2.72 bits per heavy atom. The molecule has 1 aliphatic rings. The van der Waals surface area contributed by atoms with E-state index in [-0.39, 0.29) is 0 Å². The minimum absolute atomic E-state index is 0.742. The lowest BCUT2D eigenvalue weighted by molar-refractivity contribution is 0.207. The Kier molecular flexibility index (Phi) is 5.84. The molecule has 0 N–H and O–H groups in total. The van der Waals surface area contributed by atoms with Crippen molar-refractivity contribution in [1.29, 1.82) is 0 Å². The van der Waals surface area contributed by atoms with Gasteiger partial charge in [-0.1, -0.05) is 46.8 Å². The smallest absolute Gasteiger partial charge is 0.122 e. The average Bonchev–Trinajstić information content (AvgIpc) is 2.39. The molecule has 2 rings (SSSR count). The van der Waals surface area contributed by atoms with Gasteiger partial charge < -0.3 is 4.74 Å². The summed E-state index contributed by atoms with van der Waals surface area (Å²) in [6.45, 7) is 0.858. The molecule has 0 aliphatic heterocycles. The van der Waals surface area contributed by atoms with E-state index in [0.717, 1.165) is 35.0 Å². The first-order chi connectivity index (χ1) is 8.79. The number of hydrogen-bond donors (Lipinski definition) is 0. The van der Waals surface area contributed by atoms with Crippen LogP contribution < -0.4 is 4.74 Å². The van der Waals surface area contributed by atoms with E-state index in [4.69, 9.17) is 16.3 Å². The fourth-order valence-corrected chi connectivity index (χ4v) is 3.17. The lowest BCUT2D eigenvalue weighted by atomic mass is 9.90. The van der Waals surface area contributed by atoms with Crippen LogP contribution in [0.25, 0.3) is 0 Å². The highest BCUT2D eigenvalue weighted by Gasteiger charge is 2.14. The van der Waals surface area contributed by atoms with E-state index in [9.17, 15) is 0 Å². The molecule has 0 heterocycles. The molecule has 100 valence electrons. The first-order valence-corrected chi connectivity index (χ1v) is 8.26. The Balaban J connectivity index is 1.94. The Morgan fingerprint density at radius 2 is 2.00 bits per heavy atom. The van der Waals surface area contributed by atoms with Crippen molar-refractivity contribution < 1.29 is 4.74 Å². The highest BCUT2D eigenvalue weighted by atomic mass is 79.9. The molecule has 1 aromatic carbocycles. The molecule has 0 saturated heterocycles. The van der Waals surface area contributed by atoms with Gasteiger partial charge in [-0.15, -0.1) is 0 Å². The van der Waals surface area contributed by atoms with Crippen molar-refractivity contribution in [2.75, 3.05) is 11.9 Å². The summed E-state index contributed by atoms with van der Waals surface area (Å²) in [5.74, 6) is 1.75. The molecule has 0 aromatic heterocycles. The molecule has 0 atom stereocenters. The fraction of sp³-hybridized carbons (Fsp3) is 0.600. The van der Waals surface area contributed by atoms with Crippen molar-refractivity contribution >= 4 is 27.5 Å². The first-order valence-electron chi connectivity index (χ1n) is 6.77. The third-order valence-corrected chi connectivity index (χ3v) is 4.22. The maximum absolute atomic E-state index is 6.03. The fourth-order valence-electron chi connectivity index (χ4n) is 2.55. The normalized spacial score (nSPS) is 16.8. The molecular weight excluding hydrogens is 312 g/mol. The minimum atomic E-state index is 0.742. The number of halogens is 2. The second kappa shape index (κ2) is 7.40. The molecule has 1 aliphatic carbocycles. The molecule has 0 spiro atoms. The van der Waals surface area contributed by atoms with E-state index in [2.05, 4.69) is 15.9 Å². The molecule has 1 fully saturated rings. The van der Waals surface area contributed by atoms with Crippen molar-refractivity contribution in [2.45, 2.75) is 38.5 Å². The van der Waals surface area contributed by atoms with Crippen LogP contribution in [0, 0.1) is 5.92 Å². The van der Waals surface area contributed by atoms with Crippen LogP contribution >= 0.6 is 27.5 Å². The van der Waals surface area contributed by atoms with Gasteiger partial charge in [0.25, 0.3) is 0 Å². The maximum Gasteiger partial charge on any atom is 0.122 e. The second-order valence-corrected chi connectivity index (χ2v) is 6.24. The van der Waals surface area contributed by atoms with Gasteiger partial charge in [0, 0.05) is 10.4 Å². The van der Waals surface area contributed by atoms with Gasteiger partial charge in [-0.25, -0.2) is 0 Å². The molecule has 1 nitrogen and oxygen atoms in total. The molecule has 0 bridgehead atoms. The summed E-state index contributed by atoms with van der Waals surface area (Å²) in [6, 6.07) is 5.93. The van der Waals surface area contributed by atoms with E-state index < -0.39 is 0 Å². The van der Waals surface area contributed by atoms with Crippen LogP contribution in [0.5, 0.6) is 5.75 Å². The third-order valence-electron chi connectivity index (χ3n) is 3.59. The van der Waals surface area contributed by atoms with Crippen LogP contribution in [0.15, 0.2) is 18.2 Å². The molecule has 0 unspecified atom stereocenters. The Labute approximate surface area is 123 Å². The molecule has 18 heavy (non-hydrogen) atoms. The number of aryl methyl sites for hydroxylation is 1. The molecular formula is C15H20BrClO. The molecule has 1 saturated carbocycles. The highest BCUT2D eigenvalue weighted by Crippen LogP contribution is 2.27. The summed E-state index contributed by atoms with van der Waals surface area (Å²) in [4.78, 5) is 0. The van der Waals surface area contributed by atoms with Gasteiger partial charge in [-0.05, 0) is 48.9 Å². The Bertz CT molecular complexity index is 375. The van der Waals surface area contributed by atoms with Gasteiger partial charge in [-0.2, -0.15) is 0 Å². The van der Waals surface area contributed by atoms with Crippen LogP contribution in [-0.2, 0) is 6.42 Å². The monoisotopic (exact) mass is 330 g/mol. The van der Waals surface area contributed by atoms with Crippen LogP contribution in [-0.4, -0.2) is 11.9 Å². The number of rotatable bonds is 5. The lowest BCUT2D eigenvalue weighted by Crippen LogP contribution is -2.15. The lowest BCUT2D eigenvalue weighted by Gasteiger charge is -2.22. The maximum atomic E-state index is 6.03. The van der Waals surface area contributed by atoms with E-state index in [1.54, 1.807) is 0 Å². The predicted molar refractivity (Wildman–Crippen MR) is 81.0 cm³/mol. The third kappa shape index (κ3) is 4.17. The number of hydrogen-bond acceptors (Lipinski definition) is 1. The predicted octanol–water partition coefficient (Wildman–Crippen LogP) is 5.24. The highest BCUT2D eigenvalue weighted by molar-refractivity contribution is 9.09. The van der Waals surface area contributed by atoms with E-state index in [1.807, 2.05) is 18.2 Å². The number of benzene rings is 1. The van der Waals surface area contributed by atoms with Gasteiger partial charge in [0.15, 0.2) is 0 Å². The van der Waals surface area contributed by atoms with Crippen molar-refractivity contribution in [2.24, 2.45) is 5.92 Å². The second-order valence-electron chi connectivity index (χ2n) is 5.01. The quantitative estimate of drug-likeness (QED) is 0.671. The largest absolute Gasteiger partial charge is 0.493 e. The van der Waals surface area contributed by atoms with E-state index in [1.165, 1.54) is 37.7 Å². The SMILES string of the molecule is Clc1ccc(OCC2CCCCC2)c(CCBr)c1. The number of alkyl halides is 1. The topological polar surface area (TPSA) is 9.23 Å². The summed E-state index contributed by atoms with van der Waals surface area (Å²) in [7, 11) is 0. The first kappa shape index (κ1) is 14.2. The Morgan fingerprint density at radius 1 is 1.22 bits per heavy atom. The zero-order valence-electron chi connectivity index (χ0n) is 10.6. The zero-order valence-corrected chi connectivity index (χ0v) is 13.0. The van der Waals surface area contributed by atoms with E-state index in [0.29, 0.717) is 0 Å². The van der Waals surface area contributed by atoms with E-state index >= 15 is 0 Å². The molecule has 1 aromatic rings. The van der Waals surface area contributed by atoms with Gasteiger partial charge in [0.1, 0.15) is 5.75 Å². The number of ether oxygens (including phenoxy) is 1. The summed E-state index contributed by atoms with van der Waals surface area (Å²) >= 11 is 9.50. The summed E-state index contributed by atoms with van der Waals surface area (Å²) < 4.78 is 6.00. The average molecular weight is 332 g/mol. The summed E-state index contributed by atoms with van der Waals surface area (Å²) in [6.07, 6.45) is 7.72. The van der Waals surface area contributed by atoms with Crippen molar-refractivity contribution in [3.63, 3.8) is 0 Å². The standard InChI is InChI=1S/C15H20BrClO/c16-9-8-13-10-14(17)6-7-15(13)18-11-12-4-2-1-3-5-12/h6-7,10,12H,1-5,8-9,11H2. The summed E-state index contributed by atoms with van der Waals surface area (Å²) in [5, 5.41) is 1.73. The Hall–Kier alpha value is -0.210. The van der Waals surface area contributed by atoms with Gasteiger partial charge >= 0.3 is 0 Å². The van der Waals surface area contributed by atoms with Crippen molar-refractivity contribution in [1.82, 2.24) is 0 Å². The van der Waals surface area contributed by atoms with Crippen LogP contribution in [0.1, 0.15) is 37.7 Å². The van der Waals surface area contributed by atoms with Gasteiger partial charge in [0.2, 0.25) is 0 Å². The van der Waals surface area contributed by atoms with Gasteiger partial charge in [0.05, 0.1) is 6.61 Å². The molecule has 0 amide bonds. The van der Waals surface area contributed by atoms with Crippen molar-refractivity contribution in [3.8, 4) is 5.75 Å². The molecule has 3 heteroatoms. The van der Waals surface area contributed by atoms with Crippen LogP contribution in [0.3, 0.4) is 0 Å². The summed E-state index contributed by atoms with van der Waals surface area (Å²) in [5.41, 5.74) is 1.20. The van der Waals surface area contributed by atoms with Crippen LogP contribution in [0.4, 0.5) is 0 Å².